The molecule has 1 aliphatic carbocycles. The number of anilines is 1. The van der Waals surface area contributed by atoms with Crippen LogP contribution in [0.3, 0.4) is 0 Å². The van der Waals surface area contributed by atoms with Crippen LogP contribution < -0.4 is 11.1 Å². The highest BCUT2D eigenvalue weighted by atomic mass is 15.3. The maximum Gasteiger partial charge on any atom is 0.157 e. The lowest BCUT2D eigenvalue weighted by Crippen LogP contribution is -2.22. The molecule has 0 amide bonds. The molecule has 0 aromatic carbocycles. The first-order valence-electron chi connectivity index (χ1n) is 7.00. The molecule has 0 unspecified atom stereocenters. The maximum atomic E-state index is 5.97. The predicted octanol–water partition coefficient (Wildman–Crippen LogP) is 2.14. The Kier molecular flexibility index (Phi) is 3.14. The zero-order valence-electron chi connectivity index (χ0n) is 11.5. The average Bonchev–Trinajstić information content (AvgIpc) is 2.97. The molecule has 0 radical (unpaired) electrons. The Labute approximate surface area is 113 Å². The fourth-order valence-corrected chi connectivity index (χ4v) is 2.69. The molecule has 0 saturated heterocycles. The van der Waals surface area contributed by atoms with Crippen LogP contribution in [-0.2, 0) is 0 Å². The molecule has 1 fully saturated rings. The molecule has 2 aromatic heterocycles. The largest absolute Gasteiger partial charge is 0.367 e. The molecule has 1 aliphatic rings. The van der Waals surface area contributed by atoms with E-state index >= 15 is 0 Å². The van der Waals surface area contributed by atoms with Crippen LogP contribution in [0.1, 0.15) is 44.7 Å². The number of nitrogens with one attached hydrogen (secondary N) is 1. The fourth-order valence-electron chi connectivity index (χ4n) is 2.69. The van der Waals surface area contributed by atoms with Crippen LogP contribution in [0.5, 0.6) is 0 Å². The van der Waals surface area contributed by atoms with Crippen LogP contribution in [0.4, 0.5) is 5.82 Å². The lowest BCUT2D eigenvalue weighted by molar-refractivity contribution is 0.683. The van der Waals surface area contributed by atoms with Crippen LogP contribution in [0.15, 0.2) is 18.3 Å². The Morgan fingerprint density at radius 3 is 2.95 bits per heavy atom. The average molecular weight is 259 g/mol. The number of nitrogens with zero attached hydrogens (tertiary/aromatic N) is 3. The van der Waals surface area contributed by atoms with E-state index in [0.29, 0.717) is 18.0 Å². The molecule has 5 nitrogen and oxygen atoms in total. The van der Waals surface area contributed by atoms with Crippen molar-refractivity contribution in [3.8, 4) is 0 Å². The minimum Gasteiger partial charge on any atom is -0.367 e. The van der Waals surface area contributed by atoms with E-state index in [1.165, 1.54) is 0 Å². The van der Waals surface area contributed by atoms with Crippen LogP contribution in [0.2, 0.25) is 0 Å². The summed E-state index contributed by atoms with van der Waals surface area (Å²) >= 11 is 0. The zero-order valence-corrected chi connectivity index (χ0v) is 11.5. The lowest BCUT2D eigenvalue weighted by Gasteiger charge is -2.16. The first kappa shape index (κ1) is 12.4. The molecule has 19 heavy (non-hydrogen) atoms. The van der Waals surface area contributed by atoms with Gasteiger partial charge in [0, 0.05) is 29.9 Å². The standard InChI is InChI=1S/C14H21N5/c1-9(2)12-8-14(17-11-4-3-10(15)7-11)19-13(18-12)5-6-16-19/h5-6,8-11,17H,3-4,7,15H2,1-2H3/t10-,11+/m0/s1. The quantitative estimate of drug-likeness (QED) is 0.886. The van der Waals surface area contributed by atoms with Gasteiger partial charge in [-0.2, -0.15) is 9.61 Å². The smallest absolute Gasteiger partial charge is 0.157 e. The SMILES string of the molecule is CC(C)c1cc(N[C@@H]2CC[C@H](N)C2)n2nccc2n1. The summed E-state index contributed by atoms with van der Waals surface area (Å²) in [5, 5.41) is 7.92. The van der Waals surface area contributed by atoms with Crippen molar-refractivity contribution in [2.24, 2.45) is 5.73 Å². The van der Waals surface area contributed by atoms with Gasteiger partial charge in [-0.1, -0.05) is 13.8 Å². The van der Waals surface area contributed by atoms with Gasteiger partial charge in [-0.25, -0.2) is 4.98 Å². The summed E-state index contributed by atoms with van der Waals surface area (Å²) in [7, 11) is 0. The fraction of sp³-hybridized carbons (Fsp3) is 0.571. The highest BCUT2D eigenvalue weighted by Crippen LogP contribution is 2.24. The molecular formula is C14H21N5. The van der Waals surface area contributed by atoms with Crippen molar-refractivity contribution in [1.82, 2.24) is 14.6 Å². The summed E-state index contributed by atoms with van der Waals surface area (Å²) in [6.45, 7) is 4.31. The van der Waals surface area contributed by atoms with Crippen molar-refractivity contribution in [1.29, 1.82) is 0 Å². The molecule has 2 aromatic rings. The van der Waals surface area contributed by atoms with Crippen molar-refractivity contribution in [2.75, 3.05) is 5.32 Å². The van der Waals surface area contributed by atoms with Gasteiger partial charge in [0.2, 0.25) is 0 Å². The molecule has 0 aliphatic heterocycles. The van der Waals surface area contributed by atoms with E-state index in [4.69, 9.17) is 5.73 Å². The number of fused-ring (bicyclic) bond motifs is 1. The summed E-state index contributed by atoms with van der Waals surface area (Å²) < 4.78 is 1.87. The Morgan fingerprint density at radius 2 is 2.26 bits per heavy atom. The van der Waals surface area contributed by atoms with E-state index in [0.717, 1.165) is 36.4 Å². The van der Waals surface area contributed by atoms with E-state index < -0.39 is 0 Å². The maximum absolute atomic E-state index is 5.97. The third-order valence-electron chi connectivity index (χ3n) is 3.80. The van der Waals surface area contributed by atoms with Crippen molar-refractivity contribution < 1.29 is 0 Å². The number of rotatable bonds is 3. The Balaban J connectivity index is 1.94. The van der Waals surface area contributed by atoms with Gasteiger partial charge in [-0.15, -0.1) is 0 Å². The number of hydrogen-bond acceptors (Lipinski definition) is 4. The van der Waals surface area contributed by atoms with E-state index in [9.17, 15) is 0 Å². The molecule has 3 rings (SSSR count). The van der Waals surface area contributed by atoms with E-state index in [-0.39, 0.29) is 0 Å². The van der Waals surface area contributed by atoms with Gasteiger partial charge in [-0.3, -0.25) is 0 Å². The summed E-state index contributed by atoms with van der Waals surface area (Å²) in [5.41, 5.74) is 7.97. The van der Waals surface area contributed by atoms with Crippen LogP contribution in [-0.4, -0.2) is 26.7 Å². The second-order valence-electron chi connectivity index (χ2n) is 5.74. The van der Waals surface area contributed by atoms with Crippen LogP contribution in [0.25, 0.3) is 5.65 Å². The second kappa shape index (κ2) is 4.81. The van der Waals surface area contributed by atoms with E-state index in [1.54, 1.807) is 6.20 Å². The molecule has 1 saturated carbocycles. The summed E-state index contributed by atoms with van der Waals surface area (Å²) in [6, 6.07) is 4.83. The second-order valence-corrected chi connectivity index (χ2v) is 5.74. The Bertz CT molecular complexity index is 574. The third-order valence-corrected chi connectivity index (χ3v) is 3.80. The number of aromatic nitrogens is 3. The zero-order chi connectivity index (χ0) is 13.4. The molecular weight excluding hydrogens is 238 g/mol. The minimum absolute atomic E-state index is 0.331. The molecule has 5 heteroatoms. The normalized spacial score (nSPS) is 23.4. The Morgan fingerprint density at radius 1 is 1.42 bits per heavy atom. The monoisotopic (exact) mass is 259 g/mol. The molecule has 0 spiro atoms. The van der Waals surface area contributed by atoms with Crippen LogP contribution >= 0.6 is 0 Å². The first-order valence-corrected chi connectivity index (χ1v) is 7.00. The van der Waals surface area contributed by atoms with Crippen molar-refractivity contribution in [3.05, 3.63) is 24.0 Å². The van der Waals surface area contributed by atoms with Crippen molar-refractivity contribution >= 4 is 11.5 Å². The third kappa shape index (κ3) is 2.42. The molecule has 0 bridgehead atoms. The van der Waals surface area contributed by atoms with Gasteiger partial charge in [0.15, 0.2) is 5.65 Å². The number of hydrogen-bond donors (Lipinski definition) is 2. The van der Waals surface area contributed by atoms with E-state index in [2.05, 4.69) is 35.3 Å². The minimum atomic E-state index is 0.331. The molecule has 102 valence electrons. The van der Waals surface area contributed by atoms with Gasteiger partial charge in [0.05, 0.1) is 6.20 Å². The summed E-state index contributed by atoms with van der Waals surface area (Å²) in [5.74, 6) is 1.43. The lowest BCUT2D eigenvalue weighted by atomic mass is 10.1. The molecule has 2 heterocycles. The highest BCUT2D eigenvalue weighted by molar-refractivity contribution is 5.50. The van der Waals surface area contributed by atoms with Gasteiger partial charge < -0.3 is 11.1 Å². The van der Waals surface area contributed by atoms with Gasteiger partial charge in [0.1, 0.15) is 5.82 Å². The predicted molar refractivity (Wildman–Crippen MR) is 76.3 cm³/mol. The highest BCUT2D eigenvalue weighted by Gasteiger charge is 2.22. The van der Waals surface area contributed by atoms with Gasteiger partial charge in [-0.05, 0) is 25.2 Å². The summed E-state index contributed by atoms with van der Waals surface area (Å²) in [6.07, 6.45) is 5.05. The van der Waals surface area contributed by atoms with Gasteiger partial charge >= 0.3 is 0 Å². The first-order chi connectivity index (χ1) is 9.13. The summed E-state index contributed by atoms with van der Waals surface area (Å²) in [4.78, 5) is 4.62. The molecule has 2 atom stereocenters. The topological polar surface area (TPSA) is 68.2 Å². The Hall–Kier alpha value is -1.62. The van der Waals surface area contributed by atoms with Gasteiger partial charge in [0.25, 0.3) is 0 Å². The van der Waals surface area contributed by atoms with E-state index in [1.807, 2.05) is 10.6 Å². The van der Waals surface area contributed by atoms with Crippen molar-refractivity contribution in [3.63, 3.8) is 0 Å². The number of nitrogens with two attached hydrogens (primary N) is 1. The van der Waals surface area contributed by atoms with Crippen molar-refractivity contribution in [2.45, 2.75) is 51.1 Å². The van der Waals surface area contributed by atoms with Crippen LogP contribution in [0, 0.1) is 0 Å². The molecule has 3 N–H and O–H groups in total.